The lowest BCUT2D eigenvalue weighted by Gasteiger charge is -2.22. The van der Waals surface area contributed by atoms with Crippen molar-refractivity contribution in [2.75, 3.05) is 0 Å². The third kappa shape index (κ3) is 1.91. The van der Waals surface area contributed by atoms with Crippen molar-refractivity contribution in [2.24, 2.45) is 11.8 Å². The maximum absolute atomic E-state index is 12.6. The van der Waals surface area contributed by atoms with Gasteiger partial charge < -0.3 is 0 Å². The van der Waals surface area contributed by atoms with E-state index < -0.39 is 10.0 Å². The van der Waals surface area contributed by atoms with Crippen LogP contribution in [0.4, 0.5) is 0 Å². The molecular formula is C12H14ClN3O2S2. The molecule has 8 heteroatoms. The maximum Gasteiger partial charge on any atom is 0.260 e. The van der Waals surface area contributed by atoms with E-state index in [9.17, 15) is 8.42 Å². The molecule has 2 aromatic rings. The quantitative estimate of drug-likeness (QED) is 0.940. The van der Waals surface area contributed by atoms with Gasteiger partial charge in [-0.05, 0) is 31.1 Å². The van der Waals surface area contributed by atoms with Crippen LogP contribution >= 0.6 is 22.9 Å². The van der Waals surface area contributed by atoms with Crippen LogP contribution in [-0.4, -0.2) is 23.8 Å². The molecule has 20 heavy (non-hydrogen) atoms. The molecule has 2 aliphatic carbocycles. The molecule has 2 heterocycles. The van der Waals surface area contributed by atoms with E-state index in [0.717, 1.165) is 19.3 Å². The minimum atomic E-state index is -3.62. The number of nitrogens with zero attached hydrogens (tertiary/aromatic N) is 2. The van der Waals surface area contributed by atoms with Crippen molar-refractivity contribution in [1.29, 1.82) is 0 Å². The molecule has 108 valence electrons. The van der Waals surface area contributed by atoms with Crippen molar-refractivity contribution >= 4 is 37.9 Å². The highest BCUT2D eigenvalue weighted by atomic mass is 35.5. The zero-order chi connectivity index (χ0) is 13.9. The average Bonchev–Trinajstić information content (AvgIpc) is 3.06. The SMILES string of the molecule is O=S(=O)(NC1CC2CCC1C2)c1c(Cl)nc2sccn12. The average molecular weight is 332 g/mol. The number of rotatable bonds is 3. The maximum atomic E-state index is 12.6. The summed E-state index contributed by atoms with van der Waals surface area (Å²) in [7, 11) is -3.62. The van der Waals surface area contributed by atoms with E-state index in [-0.39, 0.29) is 16.2 Å². The molecule has 1 N–H and O–H groups in total. The first-order valence-electron chi connectivity index (χ1n) is 6.68. The minimum absolute atomic E-state index is 0.0486. The number of fused-ring (bicyclic) bond motifs is 3. The van der Waals surface area contributed by atoms with Crippen molar-refractivity contribution in [1.82, 2.24) is 14.1 Å². The van der Waals surface area contributed by atoms with Gasteiger partial charge in [0.1, 0.15) is 0 Å². The van der Waals surface area contributed by atoms with Crippen LogP contribution in [0.2, 0.25) is 5.15 Å². The van der Waals surface area contributed by atoms with Crippen LogP contribution in [0.1, 0.15) is 25.7 Å². The summed E-state index contributed by atoms with van der Waals surface area (Å²) < 4.78 is 29.6. The van der Waals surface area contributed by atoms with E-state index in [4.69, 9.17) is 11.6 Å². The second-order valence-electron chi connectivity index (χ2n) is 5.67. The van der Waals surface area contributed by atoms with Crippen LogP contribution in [-0.2, 0) is 10.0 Å². The van der Waals surface area contributed by atoms with Gasteiger partial charge in [-0.2, -0.15) is 0 Å². The first-order chi connectivity index (χ1) is 9.54. The predicted octanol–water partition coefficient (Wildman–Crippen LogP) is 2.52. The van der Waals surface area contributed by atoms with Crippen LogP contribution < -0.4 is 4.72 Å². The first-order valence-corrected chi connectivity index (χ1v) is 9.42. The second kappa shape index (κ2) is 4.43. The summed E-state index contributed by atoms with van der Waals surface area (Å²) in [6.07, 6.45) is 6.17. The fourth-order valence-electron chi connectivity index (χ4n) is 3.62. The van der Waals surface area contributed by atoms with E-state index >= 15 is 0 Å². The number of sulfonamides is 1. The van der Waals surface area contributed by atoms with Gasteiger partial charge in [0.15, 0.2) is 15.1 Å². The van der Waals surface area contributed by atoms with Gasteiger partial charge in [-0.1, -0.05) is 18.0 Å². The van der Waals surface area contributed by atoms with Crippen molar-refractivity contribution in [3.05, 3.63) is 16.7 Å². The smallest absolute Gasteiger partial charge is 0.260 e. The van der Waals surface area contributed by atoms with Crippen LogP contribution in [0.15, 0.2) is 16.6 Å². The number of thiazole rings is 1. The van der Waals surface area contributed by atoms with E-state index in [1.165, 1.54) is 17.8 Å². The van der Waals surface area contributed by atoms with Gasteiger partial charge in [0.05, 0.1) is 0 Å². The van der Waals surface area contributed by atoms with E-state index in [0.29, 0.717) is 16.8 Å². The van der Waals surface area contributed by atoms with E-state index in [1.54, 1.807) is 16.0 Å². The standard InChI is InChI=1S/C12H14ClN3O2S2/c13-10-11(16-3-4-19-12(16)14-10)20(17,18)15-9-6-7-1-2-8(9)5-7/h3-4,7-9,15H,1-2,5-6H2. The highest BCUT2D eigenvalue weighted by Crippen LogP contribution is 2.45. The van der Waals surface area contributed by atoms with Crippen molar-refractivity contribution in [3.8, 4) is 0 Å². The van der Waals surface area contributed by atoms with Gasteiger partial charge in [0.2, 0.25) is 0 Å². The molecule has 0 spiro atoms. The number of hydrogen-bond donors (Lipinski definition) is 1. The number of halogens is 1. The summed E-state index contributed by atoms with van der Waals surface area (Å²) in [5, 5.41) is 1.92. The molecule has 0 radical (unpaired) electrons. The minimum Gasteiger partial charge on any atom is -0.279 e. The fourth-order valence-corrected chi connectivity index (χ4v) is 6.39. The number of aromatic nitrogens is 2. The zero-order valence-electron chi connectivity index (χ0n) is 10.6. The third-order valence-electron chi connectivity index (χ3n) is 4.48. The number of imidazole rings is 1. The number of nitrogens with one attached hydrogen (secondary N) is 1. The van der Waals surface area contributed by atoms with E-state index in [2.05, 4.69) is 9.71 Å². The molecule has 4 rings (SSSR count). The van der Waals surface area contributed by atoms with Crippen molar-refractivity contribution < 1.29 is 8.42 Å². The van der Waals surface area contributed by atoms with Gasteiger partial charge in [0.25, 0.3) is 10.0 Å². The Morgan fingerprint density at radius 1 is 1.40 bits per heavy atom. The van der Waals surface area contributed by atoms with Crippen molar-refractivity contribution in [2.45, 2.75) is 36.8 Å². The first kappa shape index (κ1) is 13.1. The molecule has 0 amide bonds. The summed E-state index contributed by atoms with van der Waals surface area (Å²) in [6, 6.07) is 0.0546. The Balaban J connectivity index is 1.69. The molecule has 2 saturated carbocycles. The van der Waals surface area contributed by atoms with Gasteiger partial charge in [-0.3, -0.25) is 4.40 Å². The van der Waals surface area contributed by atoms with Crippen LogP contribution in [0.3, 0.4) is 0 Å². The fraction of sp³-hybridized carbons (Fsp3) is 0.583. The molecule has 2 fully saturated rings. The summed E-state index contributed by atoms with van der Waals surface area (Å²) in [5.41, 5.74) is 0. The topological polar surface area (TPSA) is 63.5 Å². The molecule has 0 aliphatic heterocycles. The lowest BCUT2D eigenvalue weighted by Crippen LogP contribution is -2.38. The second-order valence-corrected chi connectivity index (χ2v) is 8.53. The molecule has 3 atom stereocenters. The van der Waals surface area contributed by atoms with Gasteiger partial charge in [0, 0.05) is 17.6 Å². The Labute approximate surface area is 126 Å². The zero-order valence-corrected chi connectivity index (χ0v) is 13.0. The summed E-state index contributed by atoms with van der Waals surface area (Å²) in [6.45, 7) is 0. The highest BCUT2D eigenvalue weighted by Gasteiger charge is 2.42. The Morgan fingerprint density at radius 2 is 2.25 bits per heavy atom. The molecular weight excluding hydrogens is 318 g/mol. The Kier molecular flexibility index (Phi) is 2.89. The lowest BCUT2D eigenvalue weighted by atomic mass is 9.96. The van der Waals surface area contributed by atoms with Gasteiger partial charge in [-0.15, -0.1) is 11.3 Å². The largest absolute Gasteiger partial charge is 0.279 e. The predicted molar refractivity (Wildman–Crippen MR) is 77.6 cm³/mol. The molecule has 2 aliphatic rings. The number of hydrogen-bond acceptors (Lipinski definition) is 4. The third-order valence-corrected chi connectivity index (χ3v) is 7.12. The molecule has 5 nitrogen and oxygen atoms in total. The summed E-state index contributed by atoms with van der Waals surface area (Å²) in [5.74, 6) is 1.18. The molecule has 3 unspecified atom stereocenters. The Bertz CT molecular complexity index is 767. The van der Waals surface area contributed by atoms with Crippen LogP contribution in [0.5, 0.6) is 0 Å². The van der Waals surface area contributed by atoms with Crippen molar-refractivity contribution in [3.63, 3.8) is 0 Å². The monoisotopic (exact) mass is 331 g/mol. The Morgan fingerprint density at radius 3 is 2.95 bits per heavy atom. The van der Waals surface area contributed by atoms with Crippen LogP contribution in [0, 0.1) is 11.8 Å². The normalized spacial score (nSPS) is 29.6. The molecule has 2 aromatic heterocycles. The van der Waals surface area contributed by atoms with Crippen LogP contribution in [0.25, 0.3) is 4.96 Å². The lowest BCUT2D eigenvalue weighted by molar-refractivity contribution is 0.389. The molecule has 0 saturated heterocycles. The molecule has 2 bridgehead atoms. The molecule has 0 aromatic carbocycles. The summed E-state index contributed by atoms with van der Waals surface area (Å²) in [4.78, 5) is 4.69. The van der Waals surface area contributed by atoms with E-state index in [1.807, 2.05) is 0 Å². The van der Waals surface area contributed by atoms with Gasteiger partial charge in [-0.25, -0.2) is 18.1 Å². The Hall–Kier alpha value is -0.630. The highest BCUT2D eigenvalue weighted by molar-refractivity contribution is 7.89. The van der Waals surface area contributed by atoms with Gasteiger partial charge >= 0.3 is 0 Å². The summed E-state index contributed by atoms with van der Waals surface area (Å²) >= 11 is 7.38.